The normalized spacial score (nSPS) is 15.6. The number of hydrogen-bond acceptors (Lipinski definition) is 4. The summed E-state index contributed by atoms with van der Waals surface area (Å²) in [5, 5.41) is 16.5. The first kappa shape index (κ1) is 20.5. The van der Waals surface area contributed by atoms with Crippen LogP contribution in [0.4, 0.5) is 0 Å². The van der Waals surface area contributed by atoms with Crippen LogP contribution in [0.25, 0.3) is 0 Å². The van der Waals surface area contributed by atoms with Crippen LogP contribution in [0.3, 0.4) is 0 Å². The lowest BCUT2D eigenvalue weighted by Crippen LogP contribution is -2.39. The van der Waals surface area contributed by atoms with Gasteiger partial charge in [-0.3, -0.25) is 4.99 Å². The van der Waals surface area contributed by atoms with Crippen LogP contribution in [0.1, 0.15) is 30.9 Å². The van der Waals surface area contributed by atoms with E-state index in [9.17, 15) is 5.11 Å². The van der Waals surface area contributed by atoms with Gasteiger partial charge >= 0.3 is 0 Å². The SMILES string of the molecule is CCNC(=NCC(O)COCC1CC1)NCCc1ccc(C)c(OC)c1. The molecule has 1 saturated carbocycles. The van der Waals surface area contributed by atoms with Crippen LogP contribution < -0.4 is 15.4 Å². The molecule has 0 spiro atoms. The lowest BCUT2D eigenvalue weighted by molar-refractivity contribution is 0.0368. The second-order valence-electron chi connectivity index (χ2n) is 6.84. The minimum absolute atomic E-state index is 0.332. The van der Waals surface area contributed by atoms with Gasteiger partial charge < -0.3 is 25.2 Å². The van der Waals surface area contributed by atoms with E-state index >= 15 is 0 Å². The van der Waals surface area contributed by atoms with Crippen molar-refractivity contribution in [2.45, 2.75) is 39.2 Å². The van der Waals surface area contributed by atoms with E-state index in [0.29, 0.717) is 25.0 Å². The van der Waals surface area contributed by atoms with E-state index in [1.165, 1.54) is 18.4 Å². The van der Waals surface area contributed by atoms with Gasteiger partial charge in [-0.1, -0.05) is 12.1 Å². The van der Waals surface area contributed by atoms with Crippen molar-refractivity contribution in [1.82, 2.24) is 10.6 Å². The highest BCUT2D eigenvalue weighted by Crippen LogP contribution is 2.28. The number of aliphatic hydroxyl groups excluding tert-OH is 1. The van der Waals surface area contributed by atoms with Crippen LogP contribution >= 0.6 is 0 Å². The Morgan fingerprint density at radius 3 is 2.85 bits per heavy atom. The average molecular weight is 364 g/mol. The molecule has 1 aromatic rings. The van der Waals surface area contributed by atoms with Crippen molar-refractivity contribution in [3.8, 4) is 5.75 Å². The number of aryl methyl sites for hydroxylation is 1. The Balaban J connectivity index is 1.73. The maximum Gasteiger partial charge on any atom is 0.191 e. The number of guanidine groups is 1. The van der Waals surface area contributed by atoms with E-state index in [1.807, 2.05) is 13.8 Å². The predicted octanol–water partition coefficient (Wildman–Crippen LogP) is 1.89. The predicted molar refractivity (Wildman–Crippen MR) is 105 cm³/mol. The molecule has 1 aliphatic carbocycles. The Labute approximate surface area is 157 Å². The molecule has 6 heteroatoms. The Kier molecular flexibility index (Phi) is 8.71. The van der Waals surface area contributed by atoms with Crippen LogP contribution in [-0.2, 0) is 11.2 Å². The number of nitrogens with zero attached hydrogens (tertiary/aromatic N) is 1. The molecule has 0 aliphatic heterocycles. The zero-order chi connectivity index (χ0) is 18.8. The Bertz CT molecular complexity index is 573. The molecule has 1 atom stereocenters. The Morgan fingerprint density at radius 2 is 2.15 bits per heavy atom. The number of nitrogens with one attached hydrogen (secondary N) is 2. The molecule has 0 saturated heterocycles. The first-order chi connectivity index (χ1) is 12.6. The molecule has 146 valence electrons. The number of ether oxygens (including phenoxy) is 2. The van der Waals surface area contributed by atoms with Gasteiger partial charge in [0.05, 0.1) is 26.4 Å². The Hall–Kier alpha value is -1.79. The van der Waals surface area contributed by atoms with Gasteiger partial charge in [0.2, 0.25) is 0 Å². The first-order valence-corrected chi connectivity index (χ1v) is 9.53. The third-order valence-corrected chi connectivity index (χ3v) is 4.34. The number of aliphatic hydroxyl groups is 1. The van der Waals surface area contributed by atoms with Gasteiger partial charge in [-0.25, -0.2) is 0 Å². The molecular formula is C20H33N3O3. The fraction of sp³-hybridized carbons (Fsp3) is 0.650. The molecule has 1 aromatic carbocycles. The van der Waals surface area contributed by atoms with Gasteiger partial charge in [-0.15, -0.1) is 0 Å². The quantitative estimate of drug-likeness (QED) is 0.413. The number of rotatable bonds is 11. The van der Waals surface area contributed by atoms with Crippen molar-refractivity contribution < 1.29 is 14.6 Å². The summed E-state index contributed by atoms with van der Waals surface area (Å²) in [6.07, 6.45) is 2.82. The zero-order valence-electron chi connectivity index (χ0n) is 16.3. The number of hydrogen-bond donors (Lipinski definition) is 3. The van der Waals surface area contributed by atoms with Gasteiger partial charge in [-0.05, 0) is 56.2 Å². The summed E-state index contributed by atoms with van der Waals surface area (Å²) in [5.41, 5.74) is 2.35. The van der Waals surface area contributed by atoms with Crippen LogP contribution in [-0.4, -0.2) is 57.1 Å². The van der Waals surface area contributed by atoms with Crippen molar-refractivity contribution in [2.24, 2.45) is 10.9 Å². The molecule has 0 heterocycles. The van der Waals surface area contributed by atoms with E-state index < -0.39 is 6.10 Å². The van der Waals surface area contributed by atoms with Crippen molar-refractivity contribution in [3.63, 3.8) is 0 Å². The van der Waals surface area contributed by atoms with Gasteiger partial charge in [0.25, 0.3) is 0 Å². The second-order valence-corrected chi connectivity index (χ2v) is 6.84. The van der Waals surface area contributed by atoms with E-state index in [2.05, 4.69) is 33.8 Å². The van der Waals surface area contributed by atoms with Crippen molar-refractivity contribution in [2.75, 3.05) is 40.0 Å². The average Bonchev–Trinajstić information content (AvgIpc) is 3.45. The van der Waals surface area contributed by atoms with E-state index in [-0.39, 0.29) is 0 Å². The fourth-order valence-corrected chi connectivity index (χ4v) is 2.59. The Morgan fingerprint density at radius 1 is 1.35 bits per heavy atom. The lowest BCUT2D eigenvalue weighted by atomic mass is 10.1. The van der Waals surface area contributed by atoms with Crippen LogP contribution in [0.2, 0.25) is 0 Å². The molecule has 6 nitrogen and oxygen atoms in total. The summed E-state index contributed by atoms with van der Waals surface area (Å²) in [5.74, 6) is 2.34. The lowest BCUT2D eigenvalue weighted by Gasteiger charge is -2.14. The highest BCUT2D eigenvalue weighted by molar-refractivity contribution is 5.79. The smallest absolute Gasteiger partial charge is 0.191 e. The zero-order valence-corrected chi connectivity index (χ0v) is 16.3. The van der Waals surface area contributed by atoms with Gasteiger partial charge in [0.15, 0.2) is 5.96 Å². The molecular weight excluding hydrogens is 330 g/mol. The van der Waals surface area contributed by atoms with Crippen LogP contribution in [0.15, 0.2) is 23.2 Å². The summed E-state index contributed by atoms with van der Waals surface area (Å²) in [6, 6.07) is 6.26. The van der Waals surface area contributed by atoms with Crippen molar-refractivity contribution in [1.29, 1.82) is 0 Å². The van der Waals surface area contributed by atoms with E-state index in [0.717, 1.165) is 37.4 Å². The van der Waals surface area contributed by atoms with Gasteiger partial charge in [0.1, 0.15) is 5.75 Å². The number of methoxy groups -OCH3 is 1. The fourth-order valence-electron chi connectivity index (χ4n) is 2.59. The molecule has 26 heavy (non-hydrogen) atoms. The van der Waals surface area contributed by atoms with Crippen LogP contribution in [0.5, 0.6) is 5.75 Å². The minimum atomic E-state index is -0.564. The maximum atomic E-state index is 9.99. The number of aliphatic imine (C=N–C) groups is 1. The highest BCUT2D eigenvalue weighted by atomic mass is 16.5. The van der Waals surface area contributed by atoms with Crippen molar-refractivity contribution in [3.05, 3.63) is 29.3 Å². The molecule has 0 aromatic heterocycles. The summed E-state index contributed by atoms with van der Waals surface area (Å²) < 4.78 is 10.9. The van der Waals surface area contributed by atoms with E-state index in [1.54, 1.807) is 7.11 Å². The largest absolute Gasteiger partial charge is 0.496 e. The van der Waals surface area contributed by atoms with Gasteiger partial charge in [0, 0.05) is 19.7 Å². The summed E-state index contributed by atoms with van der Waals surface area (Å²) in [6.45, 7) is 7.04. The maximum absolute atomic E-state index is 9.99. The molecule has 0 amide bonds. The topological polar surface area (TPSA) is 75.1 Å². The summed E-state index contributed by atoms with van der Waals surface area (Å²) in [4.78, 5) is 4.45. The highest BCUT2D eigenvalue weighted by Gasteiger charge is 2.21. The standard InChI is InChI=1S/C20H33N3O3/c1-4-21-20(23-12-18(24)14-26-13-17-7-8-17)22-10-9-16-6-5-15(2)19(11-16)25-3/h5-6,11,17-18,24H,4,7-10,12-14H2,1-3H3,(H2,21,22,23). The van der Waals surface area contributed by atoms with E-state index in [4.69, 9.17) is 9.47 Å². The van der Waals surface area contributed by atoms with Gasteiger partial charge in [-0.2, -0.15) is 0 Å². The molecule has 2 rings (SSSR count). The molecule has 0 radical (unpaired) electrons. The summed E-state index contributed by atoms with van der Waals surface area (Å²) >= 11 is 0. The first-order valence-electron chi connectivity index (χ1n) is 9.53. The molecule has 1 fully saturated rings. The molecule has 0 bridgehead atoms. The summed E-state index contributed by atoms with van der Waals surface area (Å²) in [7, 11) is 1.69. The monoisotopic (exact) mass is 363 g/mol. The third-order valence-electron chi connectivity index (χ3n) is 4.34. The van der Waals surface area contributed by atoms with Crippen molar-refractivity contribution >= 4 is 5.96 Å². The van der Waals surface area contributed by atoms with Crippen LogP contribution in [0, 0.1) is 12.8 Å². The molecule has 3 N–H and O–H groups in total. The minimum Gasteiger partial charge on any atom is -0.496 e. The third kappa shape index (κ3) is 7.62. The molecule has 1 unspecified atom stereocenters. The second kappa shape index (κ2) is 11.0. The number of benzene rings is 1. The molecule has 1 aliphatic rings.